The van der Waals surface area contributed by atoms with Gasteiger partial charge in [0.2, 0.25) is 16.6 Å². The number of unbranched alkanes of at least 4 members (excludes halogenated alkanes) is 11. The molecule has 0 aliphatic rings. The molecule has 2 aromatic carbocycles. The van der Waals surface area contributed by atoms with Gasteiger partial charge in [-0.3, -0.25) is 4.99 Å². The SMILES string of the molecule is CCCCCCCCCCCCCC[C@@H](O[Si](C(C)C)(C(C)C)C(C)C)[C@H]([O-])[13C](COCc1ccccc1)=Nc1c(C)cc(O[Si](C)(C)C(C)(C)C)cc1C.[I-].[I-].[Sm+3]. The Morgan fingerprint density at radius 2 is 1.17 bits per heavy atom. The van der Waals surface area contributed by atoms with Crippen molar-refractivity contribution in [3.8, 4) is 5.75 Å². The van der Waals surface area contributed by atoms with Crippen LogP contribution < -0.4 is 57.5 Å². The molecule has 0 unspecified atom stereocenters. The van der Waals surface area contributed by atoms with Crippen LogP contribution in [-0.4, -0.2) is 41.2 Å². The van der Waals surface area contributed by atoms with Gasteiger partial charge in [0.05, 0.1) is 18.9 Å². The molecule has 2 atom stereocenters. The molecule has 0 aromatic heterocycles. The van der Waals surface area contributed by atoms with Crippen LogP contribution in [0.4, 0.5) is 5.69 Å². The molecule has 0 amide bonds. The number of nitrogens with zero attached hydrogens (tertiary/aromatic N) is 1. The quantitative estimate of drug-likeness (QED) is 0.0297. The first-order valence-corrected chi connectivity index (χ1v) is 27.2. The van der Waals surface area contributed by atoms with Crippen LogP contribution in [0.2, 0.25) is 34.8 Å². The third kappa shape index (κ3) is 20.2. The van der Waals surface area contributed by atoms with E-state index >= 15 is 5.11 Å². The molecule has 0 heterocycles. The van der Waals surface area contributed by atoms with Crippen molar-refractivity contribution in [2.75, 3.05) is 6.61 Å². The van der Waals surface area contributed by atoms with E-state index in [-0.39, 0.29) is 100.0 Å². The third-order valence-electron chi connectivity index (χ3n) is 12.3. The van der Waals surface area contributed by atoms with Crippen LogP contribution >= 0.6 is 0 Å². The Bertz CT molecular complexity index is 1360. The van der Waals surface area contributed by atoms with Crippen molar-refractivity contribution in [2.45, 2.75) is 220 Å². The Morgan fingerprint density at radius 1 is 0.724 bits per heavy atom. The second kappa shape index (κ2) is 31.0. The van der Waals surface area contributed by atoms with Crippen LogP contribution in [0, 0.1) is 54.2 Å². The molecule has 2 rings (SSSR count). The first kappa shape index (κ1) is 61.1. The smallest absolute Gasteiger partial charge is 1.00 e. The van der Waals surface area contributed by atoms with Gasteiger partial charge in [0.25, 0.3) is 0 Å². The van der Waals surface area contributed by atoms with E-state index in [2.05, 4.69) is 120 Å². The number of halogens is 2. The monoisotopic (exact) mass is 1200 g/mol. The number of hydrogen-bond donors (Lipinski definition) is 0. The summed E-state index contributed by atoms with van der Waals surface area (Å²) in [5.41, 5.74) is 5.63. The number of ether oxygens (including phenoxy) is 1. The molecule has 58 heavy (non-hydrogen) atoms. The van der Waals surface area contributed by atoms with Gasteiger partial charge >= 0.3 is 40.4 Å². The van der Waals surface area contributed by atoms with E-state index in [0.717, 1.165) is 47.4 Å². The Morgan fingerprint density at radius 3 is 1.60 bits per heavy atom. The number of aryl methyl sites for hydroxylation is 2. The van der Waals surface area contributed by atoms with Gasteiger partial charge in [0, 0.05) is 11.8 Å². The average molecular weight is 1200 g/mol. The zero-order valence-electron chi connectivity index (χ0n) is 39.3. The van der Waals surface area contributed by atoms with Crippen molar-refractivity contribution in [1.82, 2.24) is 0 Å². The Balaban J connectivity index is 0. The summed E-state index contributed by atoms with van der Waals surface area (Å²) in [6.45, 7) is 32.3. The topological polar surface area (TPSA) is 63.1 Å². The molecule has 0 fully saturated rings. The predicted octanol–water partition coefficient (Wildman–Crippen LogP) is 8.37. The van der Waals surface area contributed by atoms with Gasteiger partial charge in [0.15, 0.2) is 0 Å². The summed E-state index contributed by atoms with van der Waals surface area (Å²) in [7, 11) is -4.38. The van der Waals surface area contributed by atoms with Crippen molar-refractivity contribution in [1.29, 1.82) is 0 Å². The second-order valence-electron chi connectivity index (χ2n) is 18.9. The van der Waals surface area contributed by atoms with E-state index < -0.39 is 28.8 Å². The predicted molar refractivity (Wildman–Crippen MR) is 242 cm³/mol. The first-order valence-electron chi connectivity index (χ1n) is 22.2. The average Bonchev–Trinajstić information content (AvgIpc) is 3.09. The molecule has 10 heteroatoms. The normalized spacial score (nSPS) is 13.6. The van der Waals surface area contributed by atoms with Crippen LogP contribution in [-0.2, 0) is 15.8 Å². The Labute approximate surface area is 427 Å². The van der Waals surface area contributed by atoms with Crippen molar-refractivity contribution in [2.24, 2.45) is 4.99 Å². The summed E-state index contributed by atoms with van der Waals surface area (Å²) in [5, 5.41) is 15.2. The van der Waals surface area contributed by atoms with E-state index in [9.17, 15) is 0 Å². The molecule has 0 aliphatic heterocycles. The second-order valence-corrected chi connectivity index (χ2v) is 29.1. The first-order chi connectivity index (χ1) is 25.9. The minimum atomic E-state index is -2.35. The molecule has 0 saturated heterocycles. The van der Waals surface area contributed by atoms with Gasteiger partial charge in [-0.25, -0.2) is 0 Å². The van der Waals surface area contributed by atoms with Crippen LogP contribution in [0.15, 0.2) is 47.5 Å². The van der Waals surface area contributed by atoms with E-state index in [1.807, 2.05) is 18.2 Å². The fraction of sp³-hybridized carbons (Fsp3) is 0.729. The van der Waals surface area contributed by atoms with Crippen LogP contribution in [0.25, 0.3) is 0 Å². The van der Waals surface area contributed by atoms with Crippen LogP contribution in [0.5, 0.6) is 5.75 Å². The summed E-state index contributed by atoms with van der Waals surface area (Å²) < 4.78 is 20.4. The minimum absolute atomic E-state index is 0. The summed E-state index contributed by atoms with van der Waals surface area (Å²) >= 11 is 0. The van der Waals surface area contributed by atoms with E-state index in [1.54, 1.807) is 0 Å². The molecular weight excluding hydrogens is 1120 g/mol. The van der Waals surface area contributed by atoms with Gasteiger partial charge < -0.3 is 66.6 Å². The standard InChI is InChI=1S/C48H84NO4Si2.2HI.Sm/c1-15-16-17-18-19-20-21-22-23-24-25-29-32-45(53-55(37(2)3,38(4)5)39(6)7)47(50)44(36-51-35-42-30-27-26-28-31-42)49-46-40(8)33-43(34-41(46)9)52-54(13,14)48(10,11)12;;;/h26-28,30-31,33-34,37-39,45,47H,15-25,29,32,35-36H2,1-14H3;2*1H;/q-1;;;+3/p-2/t45-,47-;;;/m1.../s1/i44+1;;;. The van der Waals surface area contributed by atoms with Crippen molar-refractivity contribution in [3.63, 3.8) is 0 Å². The summed E-state index contributed by atoms with van der Waals surface area (Å²) in [4.78, 5) is 5.24. The minimum Gasteiger partial charge on any atom is -1.00 e. The van der Waals surface area contributed by atoms with Crippen LogP contribution in [0.3, 0.4) is 0 Å². The summed E-state index contributed by atoms with van der Waals surface area (Å²) in [6, 6.07) is 14.4. The third-order valence-corrected chi connectivity index (χ3v) is 22.8. The maximum absolute atomic E-state index is 15.1. The van der Waals surface area contributed by atoms with E-state index in [1.165, 1.54) is 64.2 Å². The van der Waals surface area contributed by atoms with Gasteiger partial charge in [0.1, 0.15) is 5.75 Å². The maximum atomic E-state index is 15.1. The van der Waals surface area contributed by atoms with E-state index in [0.29, 0.717) is 28.9 Å². The fourth-order valence-corrected chi connectivity index (χ4v) is 14.7. The molecule has 2 aromatic rings. The molecule has 333 valence electrons. The number of aliphatic imine (C=N–C) groups is 1. The molecular formula is C48H84I2NO4Si2Sm. The van der Waals surface area contributed by atoms with Gasteiger partial charge in [-0.1, -0.05) is 183 Å². The molecule has 5 nitrogen and oxygen atoms in total. The molecule has 0 bridgehead atoms. The molecule has 0 aliphatic carbocycles. The molecule has 1 radical (unpaired) electrons. The van der Waals surface area contributed by atoms with Gasteiger partial charge in [-0.05, 0) is 83.8 Å². The Hall–Kier alpha value is 1.02. The van der Waals surface area contributed by atoms with Crippen molar-refractivity contribution in [3.05, 3.63) is 59.2 Å². The number of rotatable bonds is 27. The zero-order valence-corrected chi connectivity index (χ0v) is 48.2. The number of hydrogen-bond acceptors (Lipinski definition) is 5. The molecule has 0 spiro atoms. The molecule has 0 N–H and O–H groups in total. The van der Waals surface area contributed by atoms with Gasteiger partial charge in [-0.15, -0.1) is 0 Å². The summed E-state index contributed by atoms with van der Waals surface area (Å²) in [5.74, 6) is 0.885. The summed E-state index contributed by atoms with van der Waals surface area (Å²) in [6.07, 6.45) is 14.6. The van der Waals surface area contributed by atoms with Crippen molar-refractivity contribution < 1.29 is 107 Å². The zero-order chi connectivity index (χ0) is 41.2. The van der Waals surface area contributed by atoms with Gasteiger partial charge in [-0.2, -0.15) is 0 Å². The maximum Gasteiger partial charge on any atom is 3.00 e. The van der Waals surface area contributed by atoms with Crippen molar-refractivity contribution >= 4 is 28.0 Å². The van der Waals surface area contributed by atoms with Crippen LogP contribution in [0.1, 0.15) is 169 Å². The Kier molecular flexibility index (Phi) is 32.7. The largest absolute Gasteiger partial charge is 3.00 e. The number of benzene rings is 2. The fourth-order valence-electron chi connectivity index (χ4n) is 8.11. The van der Waals surface area contributed by atoms with E-state index in [4.69, 9.17) is 18.6 Å². The molecule has 0 saturated carbocycles.